The number of ether oxygens (including phenoxy) is 1. The lowest BCUT2D eigenvalue weighted by Gasteiger charge is -2.44. The van der Waals surface area contributed by atoms with Crippen LogP contribution in [0.1, 0.15) is 24.3 Å². The van der Waals surface area contributed by atoms with Gasteiger partial charge in [0.2, 0.25) is 23.6 Å². The number of aromatic hydroxyl groups is 1. The van der Waals surface area contributed by atoms with Gasteiger partial charge < -0.3 is 20.5 Å². The number of benzene rings is 5. The molecule has 0 aromatic heterocycles. The number of fused-ring (bicyclic) bond motifs is 4. The first-order chi connectivity index (χ1) is 27.9. The number of phenols is 1. The second-order valence-electron chi connectivity index (χ2n) is 14.9. The molecule has 1 saturated carbocycles. The van der Waals surface area contributed by atoms with Crippen LogP contribution in [0.2, 0.25) is 0 Å². The number of hydrogen-bond acceptors (Lipinski definition) is 8. The minimum atomic E-state index is -5.05. The number of phenolic OH excluding ortho intramolecular Hbond substituents is 1. The van der Waals surface area contributed by atoms with Crippen LogP contribution >= 0.6 is 0 Å². The van der Waals surface area contributed by atoms with Gasteiger partial charge in [0.25, 0.3) is 0 Å². The molecule has 2 aliphatic carbocycles. The van der Waals surface area contributed by atoms with E-state index in [9.17, 15) is 37.5 Å². The second-order valence-corrected chi connectivity index (χ2v) is 14.9. The number of amides is 4. The Morgan fingerprint density at radius 1 is 0.586 bits per heavy atom. The average Bonchev–Trinajstić information content (AvgIpc) is 3.62. The molecule has 0 spiro atoms. The number of allylic oxidation sites excluding steroid dienone is 2. The molecule has 10 nitrogen and oxygen atoms in total. The van der Waals surface area contributed by atoms with Crippen molar-refractivity contribution in [3.8, 4) is 11.5 Å². The zero-order chi connectivity index (χ0) is 40.3. The Morgan fingerprint density at radius 3 is 1.62 bits per heavy atom. The van der Waals surface area contributed by atoms with Gasteiger partial charge in [-0.1, -0.05) is 48.0 Å². The summed E-state index contributed by atoms with van der Waals surface area (Å²) in [5.41, 5.74) is 4.25. The molecule has 0 radical (unpaired) electrons. The largest absolute Gasteiger partial charge is 0.573 e. The van der Waals surface area contributed by atoms with Crippen LogP contribution in [0.3, 0.4) is 0 Å². The van der Waals surface area contributed by atoms with Crippen LogP contribution in [0.4, 0.5) is 47.3 Å². The van der Waals surface area contributed by atoms with Crippen molar-refractivity contribution in [2.75, 3.05) is 20.4 Å². The fraction of sp³-hybridized carbons (Fsp3) is 0.200. The summed E-state index contributed by atoms with van der Waals surface area (Å²) in [7, 11) is 0. The van der Waals surface area contributed by atoms with Crippen LogP contribution in [-0.2, 0) is 19.2 Å². The minimum absolute atomic E-state index is 0.0369. The van der Waals surface area contributed by atoms with Crippen molar-refractivity contribution in [2.24, 2.45) is 29.6 Å². The molecule has 9 rings (SSSR count). The highest BCUT2D eigenvalue weighted by Crippen LogP contribution is 2.59. The number of anilines is 6. The van der Waals surface area contributed by atoms with Crippen LogP contribution in [0, 0.1) is 29.6 Å². The number of nitrogens with zero attached hydrogens (tertiary/aromatic N) is 2. The summed E-state index contributed by atoms with van der Waals surface area (Å²) >= 11 is 0. The quantitative estimate of drug-likeness (QED) is 0.105. The molecule has 5 aromatic rings. The van der Waals surface area contributed by atoms with E-state index in [0.717, 1.165) is 45.1 Å². The Labute approximate surface area is 330 Å². The Kier molecular flexibility index (Phi) is 9.02. The maximum absolute atomic E-state index is 14.6. The van der Waals surface area contributed by atoms with Gasteiger partial charge in [-0.05, 0) is 110 Å². The number of carbonyl (C=O) groups is 4. The number of carbonyl (C=O) groups excluding carboxylic acids is 4. The summed E-state index contributed by atoms with van der Waals surface area (Å²) in [6, 6.07) is 35.5. The number of alkyl halides is 3. The highest BCUT2D eigenvalue weighted by atomic mass is 19.4. The number of halogens is 3. The van der Waals surface area contributed by atoms with Gasteiger partial charge in [-0.3, -0.25) is 29.0 Å². The third kappa shape index (κ3) is 6.51. The molecule has 13 heteroatoms. The topological polar surface area (TPSA) is 128 Å². The van der Waals surface area contributed by atoms with E-state index >= 15 is 0 Å². The van der Waals surface area contributed by atoms with Crippen LogP contribution in [0.15, 0.2) is 139 Å². The summed E-state index contributed by atoms with van der Waals surface area (Å²) < 4.78 is 44.6. The van der Waals surface area contributed by atoms with Crippen molar-refractivity contribution in [1.29, 1.82) is 0 Å². The molecule has 0 bridgehead atoms. The third-order valence-corrected chi connectivity index (χ3v) is 11.6. The second kappa shape index (κ2) is 14.2. The molecule has 4 amide bonds. The summed E-state index contributed by atoms with van der Waals surface area (Å²) in [6.07, 6.45) is -3.14. The Bertz CT molecular complexity index is 2460. The number of rotatable bonds is 8. The van der Waals surface area contributed by atoms with E-state index in [1.807, 2.05) is 60.7 Å². The zero-order valence-corrected chi connectivity index (χ0v) is 30.6. The molecule has 2 aliphatic heterocycles. The van der Waals surface area contributed by atoms with Crippen LogP contribution in [0.25, 0.3) is 0 Å². The molecule has 2 saturated heterocycles. The molecule has 3 fully saturated rings. The van der Waals surface area contributed by atoms with E-state index in [4.69, 9.17) is 0 Å². The van der Waals surface area contributed by atoms with Gasteiger partial charge in [0.15, 0.2) is 0 Å². The van der Waals surface area contributed by atoms with E-state index in [-0.39, 0.29) is 18.4 Å². The molecule has 2 heterocycles. The summed E-state index contributed by atoms with van der Waals surface area (Å²) in [4.78, 5) is 59.8. The van der Waals surface area contributed by atoms with E-state index < -0.39 is 77.0 Å². The fourth-order valence-corrected chi connectivity index (χ4v) is 9.19. The summed E-state index contributed by atoms with van der Waals surface area (Å²) in [6.45, 7) is 0. The van der Waals surface area contributed by atoms with Crippen molar-refractivity contribution in [2.45, 2.75) is 25.1 Å². The van der Waals surface area contributed by atoms with Gasteiger partial charge in [-0.25, -0.2) is 0 Å². The Morgan fingerprint density at radius 2 is 1.09 bits per heavy atom. The molecule has 0 unspecified atom stereocenters. The van der Waals surface area contributed by atoms with Crippen LogP contribution < -0.4 is 25.2 Å². The van der Waals surface area contributed by atoms with E-state index in [1.54, 1.807) is 54.6 Å². The SMILES string of the molecule is O=C1[C@H]2[C@H](CC=C3[C@H]2C[C@H]2C(=O)N(c4ccc(Nc5ccccc5)cc4)C(=O)[C@H]2[C@H]3c2cc(OC(F)(F)F)ccc2O)C(=O)N1c1ccc(Nc2ccccc2)cc1. The number of para-hydroxylation sites is 2. The monoisotopic (exact) mass is 784 g/mol. The summed E-state index contributed by atoms with van der Waals surface area (Å²) in [5.74, 6) is -8.74. The predicted molar refractivity (Wildman–Crippen MR) is 210 cm³/mol. The van der Waals surface area contributed by atoms with Crippen molar-refractivity contribution in [3.05, 3.63) is 145 Å². The maximum Gasteiger partial charge on any atom is 0.573 e. The highest BCUT2D eigenvalue weighted by molar-refractivity contribution is 6.24. The smallest absolute Gasteiger partial charge is 0.508 e. The lowest BCUT2D eigenvalue weighted by Crippen LogP contribution is -2.43. The maximum atomic E-state index is 14.6. The molecular weight excluding hydrogens is 750 g/mol. The Hall–Kier alpha value is -6.89. The molecule has 5 aromatic carbocycles. The molecule has 4 aliphatic rings. The number of nitrogens with one attached hydrogen (secondary N) is 2. The molecular formula is C45H35F3N4O6. The van der Waals surface area contributed by atoms with Gasteiger partial charge in [0, 0.05) is 34.2 Å². The average molecular weight is 785 g/mol. The number of imide groups is 2. The van der Waals surface area contributed by atoms with Gasteiger partial charge in [0.05, 0.1) is 35.0 Å². The molecule has 3 N–H and O–H groups in total. The standard InChI is InChI=1S/C45H35F3N4O6/c46-45(47,48)58-31-19-22-37(53)35(23-31)38-32-20-21-33-39(43(56)51(41(33)54)29-15-11-27(12-16-29)49-25-7-3-1-4-8-25)34(32)24-36-40(38)44(57)52(42(36)55)30-17-13-28(14-18-30)50-26-9-5-2-6-10-26/h1-20,22-23,33-34,36,38-40,49-50,53H,21,24H2/t33-,34+,36+,38+,39-,40+/m0/s1. The first-order valence-electron chi connectivity index (χ1n) is 18.8. The lowest BCUT2D eigenvalue weighted by molar-refractivity contribution is -0.274. The van der Waals surface area contributed by atoms with Gasteiger partial charge in [0.1, 0.15) is 11.5 Å². The van der Waals surface area contributed by atoms with Crippen molar-refractivity contribution in [3.63, 3.8) is 0 Å². The van der Waals surface area contributed by atoms with Gasteiger partial charge in [-0.2, -0.15) is 0 Å². The normalized spacial score (nSPS) is 23.9. The minimum Gasteiger partial charge on any atom is -0.508 e. The van der Waals surface area contributed by atoms with Gasteiger partial charge >= 0.3 is 6.36 Å². The number of hydrogen-bond donors (Lipinski definition) is 3. The van der Waals surface area contributed by atoms with E-state index in [1.165, 1.54) is 0 Å². The molecule has 58 heavy (non-hydrogen) atoms. The van der Waals surface area contributed by atoms with Gasteiger partial charge in [-0.15, -0.1) is 13.2 Å². The first kappa shape index (κ1) is 36.7. The molecule has 292 valence electrons. The highest BCUT2D eigenvalue weighted by Gasteiger charge is 2.62. The summed E-state index contributed by atoms with van der Waals surface area (Å²) in [5, 5.41) is 17.8. The fourth-order valence-electron chi connectivity index (χ4n) is 9.19. The first-order valence-corrected chi connectivity index (χ1v) is 18.8. The Balaban J connectivity index is 1.06. The van der Waals surface area contributed by atoms with Crippen molar-refractivity contribution >= 4 is 57.8 Å². The molecule has 6 atom stereocenters. The van der Waals surface area contributed by atoms with Crippen molar-refractivity contribution < 1.29 is 42.2 Å². The zero-order valence-electron chi connectivity index (χ0n) is 30.6. The van der Waals surface area contributed by atoms with Crippen LogP contribution in [-0.4, -0.2) is 35.1 Å². The third-order valence-electron chi connectivity index (χ3n) is 11.6. The van der Waals surface area contributed by atoms with E-state index in [2.05, 4.69) is 15.4 Å². The van der Waals surface area contributed by atoms with Crippen molar-refractivity contribution in [1.82, 2.24) is 0 Å². The van der Waals surface area contributed by atoms with Crippen LogP contribution in [0.5, 0.6) is 11.5 Å². The van der Waals surface area contributed by atoms with E-state index in [0.29, 0.717) is 22.6 Å². The lowest BCUT2D eigenvalue weighted by atomic mass is 9.57. The predicted octanol–water partition coefficient (Wildman–Crippen LogP) is 8.82.